The van der Waals surface area contributed by atoms with Crippen LogP contribution in [0.25, 0.3) is 22.1 Å². The SMILES string of the molecule is CCCCCCCNC(=O)c1oc2ccccc2c1-c1ccccc1. The van der Waals surface area contributed by atoms with Gasteiger partial charge in [-0.3, -0.25) is 4.79 Å². The topological polar surface area (TPSA) is 42.2 Å². The number of hydrogen-bond acceptors (Lipinski definition) is 2. The summed E-state index contributed by atoms with van der Waals surface area (Å²) in [6.07, 6.45) is 5.88. The number of carbonyl (C=O) groups excluding carboxylic acids is 1. The van der Waals surface area contributed by atoms with E-state index in [0.29, 0.717) is 12.3 Å². The molecular weight excluding hydrogens is 310 g/mol. The second-order valence-electron chi connectivity index (χ2n) is 6.34. The number of furan rings is 1. The van der Waals surface area contributed by atoms with Gasteiger partial charge in [-0.15, -0.1) is 0 Å². The first-order chi connectivity index (χ1) is 12.3. The molecule has 0 aliphatic carbocycles. The molecule has 2 aromatic carbocycles. The fourth-order valence-corrected chi connectivity index (χ4v) is 3.11. The van der Waals surface area contributed by atoms with Crippen molar-refractivity contribution in [2.75, 3.05) is 6.54 Å². The first kappa shape index (κ1) is 17.3. The van der Waals surface area contributed by atoms with Gasteiger partial charge in [0, 0.05) is 17.5 Å². The fourth-order valence-electron chi connectivity index (χ4n) is 3.11. The zero-order valence-corrected chi connectivity index (χ0v) is 14.8. The Balaban J connectivity index is 1.80. The number of para-hydroxylation sites is 1. The highest BCUT2D eigenvalue weighted by Gasteiger charge is 2.21. The highest BCUT2D eigenvalue weighted by molar-refractivity contribution is 6.07. The van der Waals surface area contributed by atoms with Crippen LogP contribution >= 0.6 is 0 Å². The van der Waals surface area contributed by atoms with Crippen LogP contribution in [0.1, 0.15) is 49.6 Å². The number of unbranched alkanes of at least 4 members (excludes halogenated alkanes) is 4. The first-order valence-electron chi connectivity index (χ1n) is 9.16. The Labute approximate surface area is 149 Å². The molecule has 0 radical (unpaired) electrons. The summed E-state index contributed by atoms with van der Waals surface area (Å²) in [6, 6.07) is 17.8. The highest BCUT2D eigenvalue weighted by Crippen LogP contribution is 2.34. The Bertz CT molecular complexity index is 820. The zero-order valence-electron chi connectivity index (χ0n) is 14.8. The lowest BCUT2D eigenvalue weighted by Gasteiger charge is -2.06. The van der Waals surface area contributed by atoms with Crippen molar-refractivity contribution < 1.29 is 9.21 Å². The van der Waals surface area contributed by atoms with E-state index in [1.165, 1.54) is 19.3 Å². The lowest BCUT2D eigenvalue weighted by molar-refractivity contribution is 0.0928. The van der Waals surface area contributed by atoms with Gasteiger partial charge in [-0.05, 0) is 18.1 Å². The number of amides is 1. The van der Waals surface area contributed by atoms with Gasteiger partial charge in [0.2, 0.25) is 5.76 Å². The van der Waals surface area contributed by atoms with Crippen molar-refractivity contribution in [2.24, 2.45) is 0 Å². The predicted octanol–water partition coefficient (Wildman–Crippen LogP) is 5.80. The molecule has 0 saturated carbocycles. The van der Waals surface area contributed by atoms with E-state index in [4.69, 9.17) is 4.42 Å². The number of rotatable bonds is 8. The molecule has 25 heavy (non-hydrogen) atoms. The van der Waals surface area contributed by atoms with Gasteiger partial charge >= 0.3 is 0 Å². The minimum atomic E-state index is -0.134. The van der Waals surface area contributed by atoms with E-state index >= 15 is 0 Å². The maximum absolute atomic E-state index is 12.7. The van der Waals surface area contributed by atoms with Gasteiger partial charge < -0.3 is 9.73 Å². The van der Waals surface area contributed by atoms with Gasteiger partial charge in [0.05, 0.1) is 0 Å². The molecule has 0 spiro atoms. The van der Waals surface area contributed by atoms with Crippen molar-refractivity contribution >= 4 is 16.9 Å². The van der Waals surface area contributed by atoms with E-state index in [1.807, 2.05) is 54.6 Å². The van der Waals surface area contributed by atoms with Crippen molar-refractivity contribution in [3.05, 3.63) is 60.4 Å². The fraction of sp³-hybridized carbons (Fsp3) is 0.318. The van der Waals surface area contributed by atoms with Crippen LogP contribution in [0.2, 0.25) is 0 Å². The Kier molecular flexibility index (Phi) is 5.89. The van der Waals surface area contributed by atoms with Gasteiger partial charge in [0.1, 0.15) is 5.58 Å². The lowest BCUT2D eigenvalue weighted by Crippen LogP contribution is -2.24. The largest absolute Gasteiger partial charge is 0.450 e. The maximum atomic E-state index is 12.7. The second-order valence-corrected chi connectivity index (χ2v) is 6.34. The number of carbonyl (C=O) groups is 1. The minimum Gasteiger partial charge on any atom is -0.450 e. The van der Waals surface area contributed by atoms with Crippen molar-refractivity contribution in [1.82, 2.24) is 5.32 Å². The molecule has 0 fully saturated rings. The third-order valence-corrected chi connectivity index (χ3v) is 4.43. The monoisotopic (exact) mass is 335 g/mol. The Morgan fingerprint density at radius 1 is 0.920 bits per heavy atom. The Morgan fingerprint density at radius 2 is 1.64 bits per heavy atom. The number of nitrogens with one attached hydrogen (secondary N) is 1. The molecule has 0 saturated heterocycles. The number of benzene rings is 2. The standard InChI is InChI=1S/C22H25NO2/c1-2-3-4-5-11-16-23-22(24)21-20(17-12-7-6-8-13-17)18-14-9-10-15-19(18)25-21/h6-10,12-15H,2-5,11,16H2,1H3,(H,23,24). The van der Waals surface area contributed by atoms with E-state index in [2.05, 4.69) is 12.2 Å². The molecule has 1 N–H and O–H groups in total. The lowest BCUT2D eigenvalue weighted by atomic mass is 10.0. The Hall–Kier alpha value is -2.55. The van der Waals surface area contributed by atoms with Crippen molar-refractivity contribution in [2.45, 2.75) is 39.0 Å². The van der Waals surface area contributed by atoms with Gasteiger partial charge in [0.25, 0.3) is 5.91 Å². The van der Waals surface area contributed by atoms with Crippen LogP contribution in [0.3, 0.4) is 0 Å². The molecule has 0 bridgehead atoms. The van der Waals surface area contributed by atoms with Crippen LogP contribution in [0.15, 0.2) is 59.0 Å². The molecule has 3 rings (SSSR count). The first-order valence-corrected chi connectivity index (χ1v) is 9.16. The summed E-state index contributed by atoms with van der Waals surface area (Å²) in [4.78, 5) is 12.7. The van der Waals surface area contributed by atoms with E-state index in [-0.39, 0.29) is 5.91 Å². The van der Waals surface area contributed by atoms with Crippen LogP contribution in [0, 0.1) is 0 Å². The van der Waals surface area contributed by atoms with E-state index in [9.17, 15) is 4.79 Å². The van der Waals surface area contributed by atoms with Crippen molar-refractivity contribution in [1.29, 1.82) is 0 Å². The minimum absolute atomic E-state index is 0.134. The molecule has 0 atom stereocenters. The maximum Gasteiger partial charge on any atom is 0.287 e. The van der Waals surface area contributed by atoms with Crippen LogP contribution in [-0.2, 0) is 0 Å². The van der Waals surface area contributed by atoms with E-state index < -0.39 is 0 Å². The summed E-state index contributed by atoms with van der Waals surface area (Å²) in [5.41, 5.74) is 2.62. The summed E-state index contributed by atoms with van der Waals surface area (Å²) in [5.74, 6) is 0.270. The second kappa shape index (κ2) is 8.52. The third-order valence-electron chi connectivity index (χ3n) is 4.43. The van der Waals surface area contributed by atoms with Crippen LogP contribution in [0.4, 0.5) is 0 Å². The quantitative estimate of drug-likeness (QED) is 0.529. The molecular formula is C22H25NO2. The molecule has 0 aliphatic heterocycles. The molecule has 3 heteroatoms. The summed E-state index contributed by atoms with van der Waals surface area (Å²) in [5, 5.41) is 3.99. The summed E-state index contributed by atoms with van der Waals surface area (Å²) < 4.78 is 5.90. The predicted molar refractivity (Wildman–Crippen MR) is 103 cm³/mol. The molecule has 0 unspecified atom stereocenters. The van der Waals surface area contributed by atoms with Crippen LogP contribution in [0.5, 0.6) is 0 Å². The number of hydrogen-bond donors (Lipinski definition) is 1. The Morgan fingerprint density at radius 3 is 2.44 bits per heavy atom. The van der Waals surface area contributed by atoms with Crippen LogP contribution in [-0.4, -0.2) is 12.5 Å². The van der Waals surface area contributed by atoms with E-state index in [0.717, 1.165) is 34.9 Å². The molecule has 0 aliphatic rings. The summed E-state index contributed by atoms with van der Waals surface area (Å²) in [6.45, 7) is 2.89. The van der Waals surface area contributed by atoms with Crippen molar-refractivity contribution in [3.8, 4) is 11.1 Å². The summed E-state index contributed by atoms with van der Waals surface area (Å²) >= 11 is 0. The van der Waals surface area contributed by atoms with Gasteiger partial charge in [-0.1, -0.05) is 81.1 Å². The van der Waals surface area contributed by atoms with Gasteiger partial charge in [-0.25, -0.2) is 0 Å². The molecule has 1 heterocycles. The van der Waals surface area contributed by atoms with Gasteiger partial charge in [-0.2, -0.15) is 0 Å². The molecule has 3 nitrogen and oxygen atoms in total. The average Bonchev–Trinajstić information content (AvgIpc) is 3.05. The normalized spacial score (nSPS) is 10.9. The molecule has 1 aromatic heterocycles. The van der Waals surface area contributed by atoms with Crippen LogP contribution < -0.4 is 5.32 Å². The molecule has 3 aromatic rings. The third kappa shape index (κ3) is 4.11. The zero-order chi connectivity index (χ0) is 17.5. The highest BCUT2D eigenvalue weighted by atomic mass is 16.3. The molecule has 1 amide bonds. The number of fused-ring (bicyclic) bond motifs is 1. The smallest absolute Gasteiger partial charge is 0.287 e. The summed E-state index contributed by atoms with van der Waals surface area (Å²) in [7, 11) is 0. The molecule has 130 valence electrons. The van der Waals surface area contributed by atoms with E-state index in [1.54, 1.807) is 0 Å². The van der Waals surface area contributed by atoms with Gasteiger partial charge in [0.15, 0.2) is 0 Å². The average molecular weight is 335 g/mol. The van der Waals surface area contributed by atoms with Crippen molar-refractivity contribution in [3.63, 3.8) is 0 Å².